The molecule has 0 aliphatic carbocycles. The maximum atomic E-state index is 2.63. The van der Waals surface area contributed by atoms with Crippen LogP contribution >= 0.6 is 0 Å². The highest BCUT2D eigenvalue weighted by Gasteiger charge is 2.36. The van der Waals surface area contributed by atoms with Crippen LogP contribution in [0.15, 0.2) is 30.3 Å². The average molecular weight is 231 g/mol. The van der Waals surface area contributed by atoms with Crippen LogP contribution in [0.2, 0.25) is 0 Å². The van der Waals surface area contributed by atoms with E-state index in [1.54, 1.807) is 0 Å². The summed E-state index contributed by atoms with van der Waals surface area (Å²) < 4.78 is 0. The molecule has 1 aromatic rings. The molecule has 1 nitrogen and oxygen atoms in total. The summed E-state index contributed by atoms with van der Waals surface area (Å²) in [5, 5.41) is 0. The van der Waals surface area contributed by atoms with E-state index < -0.39 is 0 Å². The number of hydrogen-bond acceptors (Lipinski definition) is 1. The molecule has 0 radical (unpaired) electrons. The lowest BCUT2D eigenvalue weighted by molar-refractivity contribution is 0.0684. The third kappa shape index (κ3) is 2.71. The van der Waals surface area contributed by atoms with Crippen LogP contribution in [0.3, 0.4) is 0 Å². The molecule has 0 amide bonds. The van der Waals surface area contributed by atoms with Gasteiger partial charge in [-0.15, -0.1) is 0 Å². The Labute approximate surface area is 106 Å². The smallest absolute Gasteiger partial charge is 0.0125 e. The second kappa shape index (κ2) is 4.45. The fourth-order valence-electron chi connectivity index (χ4n) is 2.89. The first-order valence-electron chi connectivity index (χ1n) is 6.72. The van der Waals surface area contributed by atoms with Gasteiger partial charge in [-0.3, -0.25) is 4.90 Å². The molecule has 17 heavy (non-hydrogen) atoms. The van der Waals surface area contributed by atoms with Crippen molar-refractivity contribution in [2.24, 2.45) is 0 Å². The van der Waals surface area contributed by atoms with Gasteiger partial charge in [0.15, 0.2) is 0 Å². The van der Waals surface area contributed by atoms with Gasteiger partial charge in [0, 0.05) is 17.5 Å². The predicted octanol–water partition coefficient (Wildman–Crippen LogP) is 3.84. The summed E-state index contributed by atoms with van der Waals surface area (Å²) in [7, 11) is 0. The molecule has 1 aliphatic rings. The Morgan fingerprint density at radius 2 is 1.76 bits per heavy atom. The molecular weight excluding hydrogens is 206 g/mol. The Morgan fingerprint density at radius 1 is 1.12 bits per heavy atom. The first-order valence-corrected chi connectivity index (χ1v) is 6.72. The Bertz CT molecular complexity index is 363. The van der Waals surface area contributed by atoms with Crippen molar-refractivity contribution >= 4 is 0 Å². The second-order valence-corrected chi connectivity index (χ2v) is 6.62. The summed E-state index contributed by atoms with van der Waals surface area (Å²) in [5.41, 5.74) is 2.11. The molecule has 1 fully saturated rings. The Morgan fingerprint density at radius 3 is 2.35 bits per heavy atom. The van der Waals surface area contributed by atoms with Crippen molar-refractivity contribution in [1.29, 1.82) is 0 Å². The minimum atomic E-state index is 0.288. The lowest BCUT2D eigenvalue weighted by atomic mass is 9.75. The minimum absolute atomic E-state index is 0.288. The molecule has 1 saturated heterocycles. The van der Waals surface area contributed by atoms with Gasteiger partial charge in [-0.2, -0.15) is 0 Å². The van der Waals surface area contributed by atoms with Crippen molar-refractivity contribution in [2.45, 2.75) is 51.5 Å². The number of nitrogens with zero attached hydrogens (tertiary/aromatic N) is 1. The van der Waals surface area contributed by atoms with Gasteiger partial charge in [-0.05, 0) is 45.7 Å². The molecule has 0 saturated carbocycles. The van der Waals surface area contributed by atoms with Crippen LogP contribution in [0.4, 0.5) is 0 Å². The maximum absolute atomic E-state index is 2.63. The summed E-state index contributed by atoms with van der Waals surface area (Å²) >= 11 is 0. The van der Waals surface area contributed by atoms with E-state index in [9.17, 15) is 0 Å². The topological polar surface area (TPSA) is 3.24 Å². The lowest BCUT2D eigenvalue weighted by Crippen LogP contribution is -2.52. The van der Waals surface area contributed by atoms with E-state index in [4.69, 9.17) is 0 Å². The van der Waals surface area contributed by atoms with Crippen molar-refractivity contribution in [1.82, 2.24) is 4.90 Å². The van der Waals surface area contributed by atoms with Crippen LogP contribution < -0.4 is 0 Å². The van der Waals surface area contributed by atoms with Gasteiger partial charge in [0.05, 0.1) is 0 Å². The van der Waals surface area contributed by atoms with Crippen LogP contribution in [0.5, 0.6) is 0 Å². The van der Waals surface area contributed by atoms with E-state index in [1.165, 1.54) is 31.5 Å². The van der Waals surface area contributed by atoms with Gasteiger partial charge in [0.2, 0.25) is 0 Å². The maximum Gasteiger partial charge on any atom is 0.0125 e. The largest absolute Gasteiger partial charge is 0.298 e. The van der Waals surface area contributed by atoms with Gasteiger partial charge in [0.25, 0.3) is 0 Å². The molecule has 1 unspecified atom stereocenters. The molecule has 2 rings (SSSR count). The van der Waals surface area contributed by atoms with Gasteiger partial charge in [-0.1, -0.05) is 37.3 Å². The summed E-state index contributed by atoms with van der Waals surface area (Å²) in [6.45, 7) is 11.8. The zero-order chi connectivity index (χ0) is 12.5. The molecule has 1 heteroatoms. The minimum Gasteiger partial charge on any atom is -0.298 e. The zero-order valence-corrected chi connectivity index (χ0v) is 11.7. The second-order valence-electron chi connectivity index (χ2n) is 6.62. The van der Waals surface area contributed by atoms with Crippen LogP contribution in [0.1, 0.15) is 46.1 Å². The summed E-state index contributed by atoms with van der Waals surface area (Å²) in [4.78, 5) is 2.63. The van der Waals surface area contributed by atoms with Crippen LogP contribution in [0.25, 0.3) is 0 Å². The number of piperidine rings is 1. The quantitative estimate of drug-likeness (QED) is 0.710. The molecule has 1 atom stereocenters. The molecule has 0 N–H and O–H groups in total. The van der Waals surface area contributed by atoms with Crippen LogP contribution in [-0.2, 0) is 5.41 Å². The molecule has 1 aliphatic heterocycles. The van der Waals surface area contributed by atoms with E-state index in [2.05, 4.69) is 62.9 Å². The van der Waals surface area contributed by atoms with Crippen LogP contribution in [0, 0.1) is 0 Å². The molecule has 1 heterocycles. The fraction of sp³-hybridized carbons (Fsp3) is 0.625. The van der Waals surface area contributed by atoms with E-state index in [0.29, 0.717) is 5.41 Å². The highest BCUT2D eigenvalue weighted by Crippen LogP contribution is 2.35. The van der Waals surface area contributed by atoms with Gasteiger partial charge < -0.3 is 0 Å². The lowest BCUT2D eigenvalue weighted by Gasteiger charge is -2.47. The van der Waals surface area contributed by atoms with Crippen LogP contribution in [-0.4, -0.2) is 23.5 Å². The summed E-state index contributed by atoms with van der Waals surface area (Å²) in [6.07, 6.45) is 2.62. The predicted molar refractivity (Wildman–Crippen MR) is 74.4 cm³/mol. The molecule has 0 spiro atoms. The number of hydrogen-bond donors (Lipinski definition) is 0. The van der Waals surface area contributed by atoms with E-state index in [1.807, 2.05) is 0 Å². The fourth-order valence-corrected chi connectivity index (χ4v) is 2.89. The zero-order valence-electron chi connectivity index (χ0n) is 11.7. The van der Waals surface area contributed by atoms with Gasteiger partial charge >= 0.3 is 0 Å². The average Bonchev–Trinajstić information content (AvgIpc) is 2.29. The van der Waals surface area contributed by atoms with Crippen molar-refractivity contribution in [3.63, 3.8) is 0 Å². The highest BCUT2D eigenvalue weighted by molar-refractivity contribution is 5.25. The molecular formula is C16H25N. The first kappa shape index (κ1) is 12.6. The summed E-state index contributed by atoms with van der Waals surface area (Å²) in [6, 6.07) is 11.0. The number of benzene rings is 1. The van der Waals surface area contributed by atoms with Crippen molar-refractivity contribution in [2.75, 3.05) is 13.1 Å². The summed E-state index contributed by atoms with van der Waals surface area (Å²) in [5.74, 6) is 0. The van der Waals surface area contributed by atoms with E-state index >= 15 is 0 Å². The molecule has 1 aromatic carbocycles. The van der Waals surface area contributed by atoms with E-state index in [-0.39, 0.29) is 5.54 Å². The number of likely N-dealkylation sites (tertiary alicyclic amines) is 1. The van der Waals surface area contributed by atoms with Crippen molar-refractivity contribution in [3.05, 3.63) is 35.9 Å². The van der Waals surface area contributed by atoms with Gasteiger partial charge in [0.1, 0.15) is 0 Å². The normalized spacial score (nSPS) is 27.1. The molecule has 94 valence electrons. The third-order valence-electron chi connectivity index (χ3n) is 4.12. The SMILES string of the molecule is CC1(c2ccccc2)CCCN(C(C)(C)C)C1. The Hall–Kier alpha value is -0.820. The Balaban J connectivity index is 2.21. The Kier molecular flexibility index (Phi) is 3.31. The third-order valence-corrected chi connectivity index (χ3v) is 4.12. The highest BCUT2D eigenvalue weighted by atomic mass is 15.2. The molecule has 0 bridgehead atoms. The first-order chi connectivity index (χ1) is 7.92. The standard InChI is InChI=1S/C16H25N/c1-15(2,3)17-12-8-11-16(4,13-17)14-9-6-5-7-10-14/h5-7,9-10H,8,11-13H2,1-4H3. The van der Waals surface area contributed by atoms with E-state index in [0.717, 1.165) is 0 Å². The number of rotatable bonds is 1. The molecule has 0 aromatic heterocycles. The monoisotopic (exact) mass is 231 g/mol. The van der Waals surface area contributed by atoms with Crippen molar-refractivity contribution < 1.29 is 0 Å². The van der Waals surface area contributed by atoms with Crippen molar-refractivity contribution in [3.8, 4) is 0 Å². The van der Waals surface area contributed by atoms with Gasteiger partial charge in [-0.25, -0.2) is 0 Å².